The molecule has 0 unspecified atom stereocenters. The lowest BCUT2D eigenvalue weighted by Crippen LogP contribution is -2.20. The Morgan fingerprint density at radius 3 is 3.10 bits per heavy atom. The Morgan fingerprint density at radius 1 is 1.35 bits per heavy atom. The van der Waals surface area contributed by atoms with Crippen LogP contribution in [0, 0.1) is 5.92 Å². The minimum Gasteiger partial charge on any atom is -0.454 e. The van der Waals surface area contributed by atoms with Gasteiger partial charge in [0.1, 0.15) is 0 Å². The van der Waals surface area contributed by atoms with Gasteiger partial charge in [0, 0.05) is 24.2 Å². The summed E-state index contributed by atoms with van der Waals surface area (Å²) in [7, 11) is 0. The number of Topliss-reactive ketones (excluding diaryl/α,β-unsaturated/α-hetero) is 1. The van der Waals surface area contributed by atoms with Crippen molar-refractivity contribution >= 4 is 5.78 Å². The number of ketones is 1. The Labute approximate surface area is 118 Å². The van der Waals surface area contributed by atoms with E-state index in [0.717, 1.165) is 41.9 Å². The smallest absolute Gasteiger partial charge is 0.231 e. The number of carbonyl (C=O) groups excluding carboxylic acids is 1. The molecule has 0 spiro atoms. The average molecular weight is 273 g/mol. The van der Waals surface area contributed by atoms with Gasteiger partial charge in [-0.1, -0.05) is 13.0 Å². The first kappa shape index (κ1) is 13.0. The van der Waals surface area contributed by atoms with E-state index in [1.807, 2.05) is 31.3 Å². The van der Waals surface area contributed by atoms with Gasteiger partial charge in [-0.25, -0.2) is 0 Å². The van der Waals surface area contributed by atoms with Crippen LogP contribution in [0.3, 0.4) is 0 Å². The van der Waals surface area contributed by atoms with E-state index in [-0.39, 0.29) is 11.7 Å². The fraction of sp³-hybridized carbons (Fsp3) is 0.438. The van der Waals surface area contributed by atoms with Crippen LogP contribution in [-0.4, -0.2) is 12.6 Å². The molecule has 1 saturated carbocycles. The van der Waals surface area contributed by atoms with Crippen LogP contribution >= 0.6 is 0 Å². The first-order valence-electron chi connectivity index (χ1n) is 7.09. The molecule has 2 aliphatic rings. The van der Waals surface area contributed by atoms with Crippen LogP contribution in [0.5, 0.6) is 11.5 Å². The van der Waals surface area contributed by atoms with E-state index >= 15 is 0 Å². The number of fused-ring (bicyclic) bond motifs is 1. The maximum Gasteiger partial charge on any atom is 0.231 e. The van der Waals surface area contributed by atoms with Crippen LogP contribution < -0.4 is 14.8 Å². The molecule has 1 fully saturated rings. The molecule has 1 aliphatic carbocycles. The van der Waals surface area contributed by atoms with Gasteiger partial charge in [0.2, 0.25) is 6.79 Å². The molecule has 1 heterocycles. The molecule has 1 aromatic carbocycles. The quantitative estimate of drug-likeness (QED) is 0.860. The molecule has 1 N–H and O–H groups in total. The van der Waals surface area contributed by atoms with E-state index in [4.69, 9.17) is 9.47 Å². The third-order valence-corrected chi connectivity index (χ3v) is 3.87. The second-order valence-corrected chi connectivity index (χ2v) is 5.40. The molecule has 0 radical (unpaired) electrons. The van der Waals surface area contributed by atoms with Crippen molar-refractivity contribution in [2.75, 3.05) is 6.79 Å². The van der Waals surface area contributed by atoms with E-state index in [1.54, 1.807) is 0 Å². The normalized spacial score (nSPS) is 23.1. The molecule has 0 saturated heterocycles. The highest BCUT2D eigenvalue weighted by molar-refractivity contribution is 5.97. The Morgan fingerprint density at radius 2 is 2.20 bits per heavy atom. The number of allylic oxidation sites excluding steroid dienone is 1. The van der Waals surface area contributed by atoms with Crippen molar-refractivity contribution < 1.29 is 14.3 Å². The molecule has 0 aromatic heterocycles. The minimum absolute atomic E-state index is 0.169. The molecule has 1 aromatic rings. The van der Waals surface area contributed by atoms with Gasteiger partial charge in [0.25, 0.3) is 0 Å². The molecule has 1 aliphatic heterocycles. The topological polar surface area (TPSA) is 47.6 Å². The predicted octanol–water partition coefficient (Wildman–Crippen LogP) is 2.78. The fourth-order valence-electron chi connectivity index (χ4n) is 2.66. The summed E-state index contributed by atoms with van der Waals surface area (Å²) in [5.74, 6) is 2.04. The monoisotopic (exact) mass is 273 g/mol. The lowest BCUT2D eigenvalue weighted by Gasteiger charge is -2.19. The van der Waals surface area contributed by atoms with Gasteiger partial charge in [-0.2, -0.15) is 0 Å². The molecule has 0 bridgehead atoms. The Hall–Kier alpha value is -1.97. The number of hydrogen-bond donors (Lipinski definition) is 1. The molecule has 106 valence electrons. The standard InChI is InChI=1S/C16H19NO3/c1-11-3-2-4-13(16(11)18)9-17-8-12-5-6-14-15(7-12)20-10-19-14/h5-7,9,11,17H,2-4,8,10H2,1H3/b13-9+/t11-/m1/s1. The number of rotatable bonds is 3. The lowest BCUT2D eigenvalue weighted by molar-refractivity contribution is -0.119. The van der Waals surface area contributed by atoms with E-state index in [0.29, 0.717) is 13.3 Å². The van der Waals surface area contributed by atoms with Crippen LogP contribution in [0.4, 0.5) is 0 Å². The van der Waals surface area contributed by atoms with Gasteiger partial charge >= 0.3 is 0 Å². The van der Waals surface area contributed by atoms with Crippen molar-refractivity contribution in [2.24, 2.45) is 5.92 Å². The molecule has 3 rings (SSSR count). The zero-order valence-electron chi connectivity index (χ0n) is 11.6. The first-order valence-corrected chi connectivity index (χ1v) is 7.09. The molecule has 4 nitrogen and oxygen atoms in total. The number of carbonyl (C=O) groups is 1. The highest BCUT2D eigenvalue weighted by atomic mass is 16.7. The maximum atomic E-state index is 12.0. The molecular formula is C16H19NO3. The predicted molar refractivity (Wildman–Crippen MR) is 75.5 cm³/mol. The molecule has 1 atom stereocenters. The summed E-state index contributed by atoms with van der Waals surface area (Å²) < 4.78 is 10.6. The largest absolute Gasteiger partial charge is 0.454 e. The summed E-state index contributed by atoms with van der Waals surface area (Å²) in [6.07, 6.45) is 4.88. The third-order valence-electron chi connectivity index (χ3n) is 3.87. The van der Waals surface area contributed by atoms with Crippen molar-refractivity contribution in [3.8, 4) is 11.5 Å². The van der Waals surface area contributed by atoms with Crippen LogP contribution in [0.1, 0.15) is 31.7 Å². The molecular weight excluding hydrogens is 254 g/mol. The second kappa shape index (κ2) is 5.57. The van der Waals surface area contributed by atoms with E-state index < -0.39 is 0 Å². The molecule has 4 heteroatoms. The number of nitrogens with one attached hydrogen (secondary N) is 1. The highest BCUT2D eigenvalue weighted by Crippen LogP contribution is 2.32. The Balaban J connectivity index is 1.61. The summed E-state index contributed by atoms with van der Waals surface area (Å²) >= 11 is 0. The van der Waals surface area contributed by atoms with Crippen LogP contribution in [-0.2, 0) is 11.3 Å². The van der Waals surface area contributed by atoms with E-state index in [1.165, 1.54) is 0 Å². The van der Waals surface area contributed by atoms with E-state index in [9.17, 15) is 4.79 Å². The summed E-state index contributed by atoms with van der Waals surface area (Å²) in [6.45, 7) is 2.98. The zero-order chi connectivity index (χ0) is 13.9. The fourth-order valence-corrected chi connectivity index (χ4v) is 2.66. The van der Waals surface area contributed by atoms with Crippen LogP contribution in [0.2, 0.25) is 0 Å². The Kier molecular flexibility index (Phi) is 3.63. The summed E-state index contributed by atoms with van der Waals surface area (Å²) in [5.41, 5.74) is 2.03. The molecule has 20 heavy (non-hydrogen) atoms. The van der Waals surface area contributed by atoms with Gasteiger partial charge in [-0.15, -0.1) is 0 Å². The second-order valence-electron chi connectivity index (χ2n) is 5.40. The van der Waals surface area contributed by atoms with Crippen molar-refractivity contribution in [3.63, 3.8) is 0 Å². The number of hydrogen-bond acceptors (Lipinski definition) is 4. The molecule has 0 amide bonds. The highest BCUT2D eigenvalue weighted by Gasteiger charge is 2.22. The van der Waals surface area contributed by atoms with Gasteiger partial charge < -0.3 is 14.8 Å². The van der Waals surface area contributed by atoms with Crippen LogP contribution in [0.15, 0.2) is 30.0 Å². The van der Waals surface area contributed by atoms with Gasteiger partial charge in [0.05, 0.1) is 0 Å². The maximum absolute atomic E-state index is 12.0. The van der Waals surface area contributed by atoms with Gasteiger partial charge in [-0.3, -0.25) is 4.79 Å². The number of ether oxygens (including phenoxy) is 2. The van der Waals surface area contributed by atoms with Crippen molar-refractivity contribution in [1.29, 1.82) is 0 Å². The summed E-state index contributed by atoms with van der Waals surface area (Å²) in [6, 6.07) is 5.89. The average Bonchev–Trinajstić information content (AvgIpc) is 2.91. The number of benzene rings is 1. The van der Waals surface area contributed by atoms with Crippen molar-refractivity contribution in [3.05, 3.63) is 35.5 Å². The summed E-state index contributed by atoms with van der Waals surface area (Å²) in [5, 5.41) is 3.23. The van der Waals surface area contributed by atoms with Crippen LogP contribution in [0.25, 0.3) is 0 Å². The van der Waals surface area contributed by atoms with Gasteiger partial charge in [-0.05, 0) is 37.0 Å². The SMILES string of the molecule is C[C@@H]1CCC/C(=C\NCc2ccc3c(c2)OCO3)C1=O. The first-order chi connectivity index (χ1) is 9.74. The summed E-state index contributed by atoms with van der Waals surface area (Å²) in [4.78, 5) is 12.0. The Bertz CT molecular complexity index is 551. The van der Waals surface area contributed by atoms with Crippen molar-refractivity contribution in [1.82, 2.24) is 5.32 Å². The minimum atomic E-state index is 0.169. The lowest BCUT2D eigenvalue weighted by atomic mass is 9.86. The van der Waals surface area contributed by atoms with Crippen molar-refractivity contribution in [2.45, 2.75) is 32.7 Å². The van der Waals surface area contributed by atoms with Gasteiger partial charge in [0.15, 0.2) is 17.3 Å². The third kappa shape index (κ3) is 2.64. The van der Waals surface area contributed by atoms with E-state index in [2.05, 4.69) is 5.32 Å². The zero-order valence-corrected chi connectivity index (χ0v) is 11.6.